The average Bonchev–Trinajstić information content (AvgIpc) is 2.98. The Bertz CT molecular complexity index is 1200. The first-order valence-electron chi connectivity index (χ1n) is 15.7. The lowest BCUT2D eigenvalue weighted by Crippen LogP contribution is -2.61. The monoisotopic (exact) mass is 607 g/mol. The molecular weight excluding hydrogens is 554 g/mol. The molecule has 2 aromatic carbocycles. The first-order chi connectivity index (χ1) is 20.8. The van der Waals surface area contributed by atoms with Crippen molar-refractivity contribution in [2.75, 3.05) is 27.7 Å². The summed E-state index contributed by atoms with van der Waals surface area (Å²) >= 11 is 0. The van der Waals surface area contributed by atoms with Crippen LogP contribution in [-0.2, 0) is 32.0 Å². The number of carbonyl (C=O) groups excluding carboxylic acids is 4. The van der Waals surface area contributed by atoms with Crippen LogP contribution in [0.2, 0.25) is 0 Å². The lowest BCUT2D eigenvalue weighted by Gasteiger charge is -2.38. The van der Waals surface area contributed by atoms with Gasteiger partial charge in [0.15, 0.2) is 0 Å². The number of likely N-dealkylation sites (N-methyl/N-ethyl adjacent to an activating group) is 3. The van der Waals surface area contributed by atoms with Gasteiger partial charge in [-0.2, -0.15) is 0 Å². The lowest BCUT2D eigenvalue weighted by atomic mass is 9.95. The normalized spacial score (nSPS) is 14.1. The Morgan fingerprint density at radius 2 is 1.18 bits per heavy atom. The Morgan fingerprint density at radius 3 is 1.66 bits per heavy atom. The summed E-state index contributed by atoms with van der Waals surface area (Å²) in [6, 6.07) is 16.6. The minimum Gasteiger partial charge on any atom is -0.354 e. The zero-order chi connectivity index (χ0) is 33.0. The lowest BCUT2D eigenvalue weighted by molar-refractivity contribution is -0.151. The number of nitrogens with zero attached hydrogens (tertiary/aromatic N) is 2. The van der Waals surface area contributed by atoms with Crippen molar-refractivity contribution < 1.29 is 19.2 Å². The van der Waals surface area contributed by atoms with E-state index in [0.717, 1.165) is 11.1 Å². The summed E-state index contributed by atoms with van der Waals surface area (Å²) in [5.74, 6) is -1.63. The van der Waals surface area contributed by atoms with E-state index in [-0.39, 0.29) is 41.4 Å². The predicted molar refractivity (Wildman–Crippen MR) is 176 cm³/mol. The SMILES string of the molecule is CN[C@H](C(=O)N[C@H](C(=O)N(C)[C@H](C(=O)N(C)[C@@H](Cc1ccccc1)C(=O)NCCc1ccccc1)C(C)C)C(C)C)C(C)C. The van der Waals surface area contributed by atoms with Crippen LogP contribution in [0.25, 0.3) is 0 Å². The van der Waals surface area contributed by atoms with Crippen molar-refractivity contribution in [3.63, 3.8) is 0 Å². The molecule has 0 fully saturated rings. The van der Waals surface area contributed by atoms with Crippen LogP contribution in [0, 0.1) is 17.8 Å². The molecule has 2 rings (SSSR count). The third-order valence-corrected chi connectivity index (χ3v) is 8.09. The Morgan fingerprint density at radius 1 is 0.659 bits per heavy atom. The fourth-order valence-electron chi connectivity index (χ4n) is 5.48. The maximum Gasteiger partial charge on any atom is 0.246 e. The second-order valence-electron chi connectivity index (χ2n) is 12.6. The van der Waals surface area contributed by atoms with Crippen LogP contribution in [-0.4, -0.2) is 85.3 Å². The van der Waals surface area contributed by atoms with Crippen molar-refractivity contribution in [3.8, 4) is 0 Å². The van der Waals surface area contributed by atoms with Gasteiger partial charge in [-0.05, 0) is 42.3 Å². The summed E-state index contributed by atoms with van der Waals surface area (Å²) in [4.78, 5) is 57.6. The van der Waals surface area contributed by atoms with Gasteiger partial charge in [0.1, 0.15) is 18.1 Å². The van der Waals surface area contributed by atoms with Gasteiger partial charge in [0, 0.05) is 27.1 Å². The molecule has 4 amide bonds. The van der Waals surface area contributed by atoms with E-state index in [1.807, 2.05) is 102 Å². The van der Waals surface area contributed by atoms with Crippen molar-refractivity contribution in [2.45, 2.75) is 78.6 Å². The number of hydrogen-bond acceptors (Lipinski definition) is 5. The van der Waals surface area contributed by atoms with Gasteiger partial charge in [-0.25, -0.2) is 0 Å². The van der Waals surface area contributed by atoms with Gasteiger partial charge in [-0.1, -0.05) is 102 Å². The topological polar surface area (TPSA) is 111 Å². The highest BCUT2D eigenvalue weighted by atomic mass is 16.2. The summed E-state index contributed by atoms with van der Waals surface area (Å²) in [6.45, 7) is 11.8. The average molecular weight is 608 g/mol. The van der Waals surface area contributed by atoms with E-state index < -0.39 is 24.2 Å². The number of carbonyl (C=O) groups is 4. The summed E-state index contributed by atoms with van der Waals surface area (Å²) in [5, 5.41) is 8.96. The number of benzene rings is 2. The standard InChI is InChI=1S/C35H53N5O4/c1-23(2)29(36-7)33(42)38-30(24(3)4)34(43)40(9)31(25(5)6)35(44)39(8)28(22-27-18-14-11-15-19-27)32(41)37-21-20-26-16-12-10-13-17-26/h10-19,23-25,28-31,36H,20-22H2,1-9H3,(H,37,41)(H,38,42)/t28-,29-,30-,31-/m0/s1. The molecule has 0 saturated carbocycles. The molecule has 9 nitrogen and oxygen atoms in total. The smallest absolute Gasteiger partial charge is 0.246 e. The highest BCUT2D eigenvalue weighted by Gasteiger charge is 2.39. The van der Waals surface area contributed by atoms with Crippen LogP contribution in [0.4, 0.5) is 0 Å². The highest BCUT2D eigenvalue weighted by Crippen LogP contribution is 2.19. The van der Waals surface area contributed by atoms with Crippen molar-refractivity contribution in [1.29, 1.82) is 0 Å². The van der Waals surface area contributed by atoms with Crippen LogP contribution < -0.4 is 16.0 Å². The molecule has 0 aliphatic heterocycles. The quantitative estimate of drug-likeness (QED) is 0.271. The molecular formula is C35H53N5O4. The highest BCUT2D eigenvalue weighted by molar-refractivity contribution is 5.95. The molecule has 0 aliphatic rings. The van der Waals surface area contributed by atoms with Crippen molar-refractivity contribution in [1.82, 2.24) is 25.8 Å². The fourth-order valence-corrected chi connectivity index (χ4v) is 5.48. The molecule has 9 heteroatoms. The largest absolute Gasteiger partial charge is 0.354 e. The van der Waals surface area contributed by atoms with E-state index >= 15 is 0 Å². The van der Waals surface area contributed by atoms with Gasteiger partial charge in [0.25, 0.3) is 0 Å². The minimum absolute atomic E-state index is 0.0275. The van der Waals surface area contributed by atoms with Gasteiger partial charge in [0.05, 0.1) is 6.04 Å². The van der Waals surface area contributed by atoms with Gasteiger partial charge < -0.3 is 25.8 Å². The van der Waals surface area contributed by atoms with Gasteiger partial charge in [0.2, 0.25) is 23.6 Å². The van der Waals surface area contributed by atoms with E-state index in [1.54, 1.807) is 21.1 Å². The minimum atomic E-state index is -0.841. The number of hydrogen-bond donors (Lipinski definition) is 3. The van der Waals surface area contributed by atoms with Gasteiger partial charge >= 0.3 is 0 Å². The zero-order valence-corrected chi connectivity index (χ0v) is 28.0. The molecule has 0 heterocycles. The first-order valence-corrected chi connectivity index (χ1v) is 15.7. The first kappa shape index (κ1) is 36.5. The van der Waals surface area contributed by atoms with Crippen LogP contribution in [0.1, 0.15) is 52.7 Å². The van der Waals surface area contributed by atoms with E-state index in [9.17, 15) is 19.2 Å². The number of rotatable bonds is 16. The van der Waals surface area contributed by atoms with E-state index in [2.05, 4.69) is 16.0 Å². The summed E-state index contributed by atoms with van der Waals surface area (Å²) in [7, 11) is 4.95. The van der Waals surface area contributed by atoms with Crippen molar-refractivity contribution >= 4 is 23.6 Å². The second kappa shape index (κ2) is 17.5. The van der Waals surface area contributed by atoms with Crippen LogP contribution >= 0.6 is 0 Å². The van der Waals surface area contributed by atoms with Crippen LogP contribution in [0.15, 0.2) is 60.7 Å². The maximum absolute atomic E-state index is 14.2. The molecule has 44 heavy (non-hydrogen) atoms. The second-order valence-corrected chi connectivity index (χ2v) is 12.6. The van der Waals surface area contributed by atoms with E-state index in [4.69, 9.17) is 0 Å². The van der Waals surface area contributed by atoms with E-state index in [1.165, 1.54) is 9.80 Å². The molecule has 0 bridgehead atoms. The molecule has 0 unspecified atom stereocenters. The molecule has 0 aliphatic carbocycles. The summed E-state index contributed by atoms with van der Waals surface area (Å²) in [5.41, 5.74) is 2.03. The molecule has 0 aromatic heterocycles. The van der Waals surface area contributed by atoms with Gasteiger partial charge in [-0.3, -0.25) is 19.2 Å². The molecule has 2 aromatic rings. The molecule has 0 radical (unpaired) electrons. The molecule has 242 valence electrons. The van der Waals surface area contributed by atoms with Gasteiger partial charge in [-0.15, -0.1) is 0 Å². The molecule has 0 saturated heterocycles. The third-order valence-electron chi connectivity index (χ3n) is 8.09. The summed E-state index contributed by atoms with van der Waals surface area (Å²) < 4.78 is 0. The molecule has 0 spiro atoms. The summed E-state index contributed by atoms with van der Waals surface area (Å²) in [6.07, 6.45) is 0.996. The third kappa shape index (κ3) is 10.2. The molecule has 3 N–H and O–H groups in total. The zero-order valence-electron chi connectivity index (χ0n) is 28.0. The Balaban J connectivity index is 2.30. The molecule has 4 atom stereocenters. The van der Waals surface area contributed by atoms with Crippen LogP contribution in [0.3, 0.4) is 0 Å². The number of nitrogens with one attached hydrogen (secondary N) is 3. The Kier molecular flexibility index (Phi) is 14.5. The Hall–Kier alpha value is -3.72. The fraction of sp³-hybridized carbons (Fsp3) is 0.543. The van der Waals surface area contributed by atoms with E-state index in [0.29, 0.717) is 19.4 Å². The number of amides is 4. The predicted octanol–water partition coefficient (Wildman–Crippen LogP) is 3.28. The van der Waals surface area contributed by atoms with Crippen molar-refractivity contribution in [3.05, 3.63) is 71.8 Å². The maximum atomic E-state index is 14.2. The van der Waals surface area contributed by atoms with Crippen LogP contribution in [0.5, 0.6) is 0 Å². The van der Waals surface area contributed by atoms with Crippen molar-refractivity contribution in [2.24, 2.45) is 17.8 Å². The Labute approximate surface area is 264 Å².